The molecule has 4 heterocycles. The van der Waals surface area contributed by atoms with Crippen LogP contribution in [0.25, 0.3) is 0 Å². The molecule has 0 aliphatic carbocycles. The first-order chi connectivity index (χ1) is 13.7. The molecule has 0 radical (unpaired) electrons. The minimum absolute atomic E-state index is 0.00972. The number of benzene rings is 1. The lowest BCUT2D eigenvalue weighted by Crippen LogP contribution is -2.39. The Morgan fingerprint density at radius 1 is 1.14 bits per heavy atom. The standard InChI is InChI=1S/C22H26N4O2/c1-14-10-19-20(13-24-22(19)27)25-21(14)26-8-5-17(6-9-26)28-18-3-2-15-4-7-23-12-16(15)11-18/h2-3,10-11,17,23H,4-9,12-13H2,1H3,(H,24,27). The summed E-state index contributed by atoms with van der Waals surface area (Å²) in [5.74, 6) is 1.98. The lowest BCUT2D eigenvalue weighted by molar-refractivity contribution is 0.0965. The van der Waals surface area contributed by atoms with Gasteiger partial charge in [-0.05, 0) is 54.8 Å². The molecular weight excluding hydrogens is 352 g/mol. The number of anilines is 1. The van der Waals surface area contributed by atoms with Crippen molar-refractivity contribution in [3.05, 3.63) is 52.2 Å². The Bertz CT molecular complexity index is 919. The van der Waals surface area contributed by atoms with Crippen LogP contribution in [-0.2, 0) is 19.5 Å². The number of aromatic nitrogens is 1. The van der Waals surface area contributed by atoms with Gasteiger partial charge in [-0.3, -0.25) is 4.79 Å². The van der Waals surface area contributed by atoms with Crippen LogP contribution in [0.2, 0.25) is 0 Å². The number of hydrogen-bond donors (Lipinski definition) is 2. The third-order valence-corrected chi connectivity index (χ3v) is 6.03. The van der Waals surface area contributed by atoms with E-state index in [0.29, 0.717) is 6.54 Å². The lowest BCUT2D eigenvalue weighted by atomic mass is 10.0. The number of nitrogens with zero attached hydrogens (tertiary/aromatic N) is 2. The predicted octanol–water partition coefficient (Wildman–Crippen LogP) is 2.33. The molecule has 6 heteroatoms. The van der Waals surface area contributed by atoms with Gasteiger partial charge in [0.25, 0.3) is 5.91 Å². The normalized spacial score (nSPS) is 19.2. The zero-order valence-corrected chi connectivity index (χ0v) is 16.3. The monoisotopic (exact) mass is 378 g/mol. The van der Waals surface area contributed by atoms with Crippen molar-refractivity contribution >= 4 is 11.7 Å². The average molecular weight is 378 g/mol. The minimum Gasteiger partial charge on any atom is -0.490 e. The van der Waals surface area contributed by atoms with Crippen molar-refractivity contribution in [3.8, 4) is 5.75 Å². The SMILES string of the molecule is Cc1cc2c(nc1N1CCC(Oc3ccc4c(c3)CNCC4)CC1)CNC2=O. The van der Waals surface area contributed by atoms with Crippen LogP contribution in [0.3, 0.4) is 0 Å². The van der Waals surface area contributed by atoms with Crippen molar-refractivity contribution in [2.45, 2.75) is 45.4 Å². The third kappa shape index (κ3) is 3.22. The number of rotatable bonds is 3. The van der Waals surface area contributed by atoms with Crippen molar-refractivity contribution in [1.82, 2.24) is 15.6 Å². The summed E-state index contributed by atoms with van der Waals surface area (Å²) in [5.41, 5.74) is 5.46. The zero-order valence-electron chi connectivity index (χ0n) is 16.3. The van der Waals surface area contributed by atoms with Crippen LogP contribution in [0.5, 0.6) is 5.75 Å². The van der Waals surface area contributed by atoms with E-state index in [1.165, 1.54) is 11.1 Å². The van der Waals surface area contributed by atoms with Gasteiger partial charge in [-0.1, -0.05) is 6.07 Å². The zero-order chi connectivity index (χ0) is 19.1. The molecular formula is C22H26N4O2. The molecule has 1 fully saturated rings. The van der Waals surface area contributed by atoms with E-state index in [-0.39, 0.29) is 12.0 Å². The second-order valence-corrected chi connectivity index (χ2v) is 7.97. The summed E-state index contributed by atoms with van der Waals surface area (Å²) >= 11 is 0. The molecule has 1 saturated heterocycles. The van der Waals surface area contributed by atoms with E-state index >= 15 is 0 Å². The molecule has 0 saturated carbocycles. The molecule has 28 heavy (non-hydrogen) atoms. The van der Waals surface area contributed by atoms with Crippen LogP contribution in [0.1, 0.15) is 45.6 Å². The van der Waals surface area contributed by atoms with Gasteiger partial charge < -0.3 is 20.3 Å². The van der Waals surface area contributed by atoms with Crippen molar-refractivity contribution in [2.75, 3.05) is 24.5 Å². The molecule has 3 aliphatic rings. The first kappa shape index (κ1) is 17.5. The van der Waals surface area contributed by atoms with Crippen molar-refractivity contribution < 1.29 is 9.53 Å². The molecule has 3 aliphatic heterocycles. The van der Waals surface area contributed by atoms with E-state index in [1.807, 2.05) is 13.0 Å². The van der Waals surface area contributed by atoms with Crippen LogP contribution >= 0.6 is 0 Å². The number of piperidine rings is 1. The summed E-state index contributed by atoms with van der Waals surface area (Å²) in [6.45, 7) is 6.42. The molecule has 1 aromatic carbocycles. The number of carbonyl (C=O) groups is 1. The summed E-state index contributed by atoms with van der Waals surface area (Å²) in [5, 5.41) is 6.28. The molecule has 2 aromatic rings. The summed E-state index contributed by atoms with van der Waals surface area (Å²) in [7, 11) is 0. The number of aryl methyl sites for hydroxylation is 1. The Kier molecular flexibility index (Phi) is 4.43. The fraction of sp³-hybridized carbons (Fsp3) is 0.455. The van der Waals surface area contributed by atoms with Crippen LogP contribution in [0.4, 0.5) is 5.82 Å². The Balaban J connectivity index is 1.24. The van der Waals surface area contributed by atoms with Crippen molar-refractivity contribution in [1.29, 1.82) is 0 Å². The van der Waals surface area contributed by atoms with Gasteiger partial charge in [0.2, 0.25) is 0 Å². The molecule has 0 spiro atoms. The number of ether oxygens (including phenoxy) is 1. The second kappa shape index (κ2) is 7.09. The first-order valence-corrected chi connectivity index (χ1v) is 10.2. The number of fused-ring (bicyclic) bond motifs is 2. The maximum absolute atomic E-state index is 11.8. The van der Waals surface area contributed by atoms with Gasteiger partial charge in [0.05, 0.1) is 17.8 Å². The molecule has 1 aromatic heterocycles. The predicted molar refractivity (Wildman–Crippen MR) is 108 cm³/mol. The largest absolute Gasteiger partial charge is 0.490 e. The molecule has 1 amide bonds. The summed E-state index contributed by atoms with van der Waals surface area (Å²) in [4.78, 5) is 18.9. The van der Waals surface area contributed by atoms with E-state index in [0.717, 1.165) is 73.8 Å². The van der Waals surface area contributed by atoms with Gasteiger partial charge in [0.1, 0.15) is 17.7 Å². The van der Waals surface area contributed by atoms with Crippen LogP contribution in [0.15, 0.2) is 24.3 Å². The number of hydrogen-bond acceptors (Lipinski definition) is 5. The fourth-order valence-corrected chi connectivity index (χ4v) is 4.46. The van der Waals surface area contributed by atoms with Crippen LogP contribution in [-0.4, -0.2) is 36.6 Å². The van der Waals surface area contributed by atoms with Crippen LogP contribution in [0, 0.1) is 6.92 Å². The second-order valence-electron chi connectivity index (χ2n) is 7.97. The maximum Gasteiger partial charge on any atom is 0.253 e. The summed E-state index contributed by atoms with van der Waals surface area (Å²) in [6.07, 6.45) is 3.29. The summed E-state index contributed by atoms with van der Waals surface area (Å²) < 4.78 is 6.29. The Labute approximate surface area is 165 Å². The smallest absolute Gasteiger partial charge is 0.253 e. The first-order valence-electron chi connectivity index (χ1n) is 10.2. The van der Waals surface area contributed by atoms with E-state index in [2.05, 4.69) is 33.7 Å². The van der Waals surface area contributed by atoms with Gasteiger partial charge in [-0.2, -0.15) is 0 Å². The molecule has 5 rings (SSSR count). The lowest BCUT2D eigenvalue weighted by Gasteiger charge is -2.34. The maximum atomic E-state index is 11.8. The van der Waals surface area contributed by atoms with Crippen LogP contribution < -0.4 is 20.3 Å². The molecule has 0 bridgehead atoms. The number of amides is 1. The van der Waals surface area contributed by atoms with E-state index in [1.54, 1.807) is 0 Å². The highest BCUT2D eigenvalue weighted by Gasteiger charge is 2.26. The van der Waals surface area contributed by atoms with E-state index < -0.39 is 0 Å². The van der Waals surface area contributed by atoms with Gasteiger partial charge in [-0.25, -0.2) is 4.98 Å². The van der Waals surface area contributed by atoms with E-state index in [4.69, 9.17) is 9.72 Å². The van der Waals surface area contributed by atoms with Gasteiger partial charge in [0.15, 0.2) is 0 Å². The van der Waals surface area contributed by atoms with Gasteiger partial charge >= 0.3 is 0 Å². The molecule has 2 N–H and O–H groups in total. The number of pyridine rings is 1. The fourth-order valence-electron chi connectivity index (χ4n) is 4.46. The molecule has 0 atom stereocenters. The average Bonchev–Trinajstić information content (AvgIpc) is 3.08. The molecule has 6 nitrogen and oxygen atoms in total. The third-order valence-electron chi connectivity index (χ3n) is 6.03. The summed E-state index contributed by atoms with van der Waals surface area (Å²) in [6, 6.07) is 8.51. The Morgan fingerprint density at radius 3 is 2.86 bits per heavy atom. The van der Waals surface area contributed by atoms with E-state index in [9.17, 15) is 4.79 Å². The van der Waals surface area contributed by atoms with Crippen molar-refractivity contribution in [2.24, 2.45) is 0 Å². The number of nitrogens with one attached hydrogen (secondary N) is 2. The van der Waals surface area contributed by atoms with Gasteiger partial charge in [0, 0.05) is 32.5 Å². The highest BCUT2D eigenvalue weighted by molar-refractivity contribution is 5.98. The Morgan fingerprint density at radius 2 is 2.00 bits per heavy atom. The topological polar surface area (TPSA) is 66.5 Å². The quantitative estimate of drug-likeness (QED) is 0.858. The minimum atomic E-state index is -0.00972. The highest BCUT2D eigenvalue weighted by Crippen LogP contribution is 2.28. The number of carbonyl (C=O) groups excluding carboxylic acids is 1. The molecule has 146 valence electrons. The highest BCUT2D eigenvalue weighted by atomic mass is 16.5. The molecule has 0 unspecified atom stereocenters. The van der Waals surface area contributed by atoms with Crippen molar-refractivity contribution in [3.63, 3.8) is 0 Å². The Hall–Kier alpha value is -2.60. The van der Waals surface area contributed by atoms with Gasteiger partial charge in [-0.15, -0.1) is 0 Å².